The number of Topliss-reactive ketones (excluding diaryl/α,β-unsaturated/α-hetero) is 2. The highest BCUT2D eigenvalue weighted by atomic mass is 16.1. The van der Waals surface area contributed by atoms with Gasteiger partial charge < -0.3 is 9.69 Å². The van der Waals surface area contributed by atoms with Gasteiger partial charge in [0, 0.05) is 18.3 Å². The minimum absolute atomic E-state index is 0.0258. The van der Waals surface area contributed by atoms with Gasteiger partial charge in [-0.1, -0.05) is 19.8 Å². The summed E-state index contributed by atoms with van der Waals surface area (Å²) in [5.74, 6) is 0.658. The number of ketones is 2. The molecule has 0 aromatic carbocycles. The van der Waals surface area contributed by atoms with Gasteiger partial charge in [-0.25, -0.2) is 0 Å². The molecule has 1 aliphatic rings. The summed E-state index contributed by atoms with van der Waals surface area (Å²) in [5.41, 5.74) is 0. The number of hydrogen-bond acceptors (Lipinski definition) is 3. The average Bonchev–Trinajstić information content (AvgIpc) is 2.40. The summed E-state index contributed by atoms with van der Waals surface area (Å²) >= 11 is 0. The van der Waals surface area contributed by atoms with E-state index in [9.17, 15) is 9.59 Å². The Morgan fingerprint density at radius 3 is 2.15 bits per heavy atom. The molecular weight excluding hydrogens is 250 g/mol. The summed E-state index contributed by atoms with van der Waals surface area (Å²) in [6.07, 6.45) is 7.76. The first kappa shape index (κ1) is 17.4. The van der Waals surface area contributed by atoms with Crippen molar-refractivity contribution in [1.82, 2.24) is 4.90 Å². The Balaban J connectivity index is 2.69. The summed E-state index contributed by atoms with van der Waals surface area (Å²) in [6.45, 7) is 5.96. The van der Waals surface area contributed by atoms with Crippen LogP contribution in [-0.4, -0.2) is 36.6 Å². The van der Waals surface area contributed by atoms with Crippen molar-refractivity contribution in [2.24, 2.45) is 11.8 Å². The second-order valence-corrected chi connectivity index (χ2v) is 6.41. The predicted octanol–water partition coefficient (Wildman–Crippen LogP) is 3.46. The third-order valence-electron chi connectivity index (χ3n) is 4.52. The summed E-state index contributed by atoms with van der Waals surface area (Å²) in [7, 11) is 2.18. The van der Waals surface area contributed by atoms with Crippen molar-refractivity contribution in [3.8, 4) is 0 Å². The van der Waals surface area contributed by atoms with Crippen LogP contribution in [0.2, 0.25) is 0 Å². The van der Waals surface area contributed by atoms with Crippen molar-refractivity contribution >= 4 is 11.6 Å². The van der Waals surface area contributed by atoms with Crippen LogP contribution in [0, 0.1) is 11.8 Å². The quantitative estimate of drug-likeness (QED) is 0.795. The molecule has 3 nitrogen and oxygen atoms in total. The largest absolute Gasteiger partial charge is 0.306 e. The molecule has 20 heavy (non-hydrogen) atoms. The van der Waals surface area contributed by atoms with Gasteiger partial charge in [0.25, 0.3) is 0 Å². The van der Waals surface area contributed by atoms with Crippen molar-refractivity contribution in [3.63, 3.8) is 0 Å². The zero-order valence-corrected chi connectivity index (χ0v) is 13.5. The molecule has 0 saturated carbocycles. The van der Waals surface area contributed by atoms with Crippen LogP contribution in [0.1, 0.15) is 65.2 Å². The van der Waals surface area contributed by atoms with E-state index in [1.165, 1.54) is 6.42 Å². The molecule has 0 amide bonds. The number of nitrogens with zero attached hydrogens (tertiary/aromatic N) is 1. The highest BCUT2D eigenvalue weighted by Crippen LogP contribution is 2.25. The summed E-state index contributed by atoms with van der Waals surface area (Å²) in [4.78, 5) is 26.4. The SMILES string of the molecule is CC[C@H]1CCCCN(C)CCCCC(CC(C)=O)C1=O. The molecule has 1 saturated heterocycles. The second kappa shape index (κ2) is 9.28. The van der Waals surface area contributed by atoms with Crippen LogP contribution >= 0.6 is 0 Å². The number of carbonyl (C=O) groups is 2. The van der Waals surface area contributed by atoms with E-state index in [1.807, 2.05) is 0 Å². The topological polar surface area (TPSA) is 37.4 Å². The van der Waals surface area contributed by atoms with E-state index in [0.717, 1.165) is 51.6 Å². The summed E-state index contributed by atoms with van der Waals surface area (Å²) in [6, 6.07) is 0. The third-order valence-corrected chi connectivity index (χ3v) is 4.52. The lowest BCUT2D eigenvalue weighted by atomic mass is 9.82. The molecule has 116 valence electrons. The van der Waals surface area contributed by atoms with Crippen LogP contribution in [0.3, 0.4) is 0 Å². The first-order valence-electron chi connectivity index (χ1n) is 8.26. The minimum Gasteiger partial charge on any atom is -0.306 e. The Morgan fingerprint density at radius 1 is 1.10 bits per heavy atom. The maximum atomic E-state index is 12.6. The molecule has 0 bridgehead atoms. The van der Waals surface area contributed by atoms with Gasteiger partial charge in [-0.15, -0.1) is 0 Å². The molecule has 0 aromatic heterocycles. The van der Waals surface area contributed by atoms with E-state index >= 15 is 0 Å². The van der Waals surface area contributed by atoms with Crippen molar-refractivity contribution in [2.45, 2.75) is 65.2 Å². The lowest BCUT2D eigenvalue weighted by Crippen LogP contribution is -2.27. The summed E-state index contributed by atoms with van der Waals surface area (Å²) < 4.78 is 0. The minimum atomic E-state index is -0.0258. The molecule has 1 rings (SSSR count). The van der Waals surface area contributed by atoms with Crippen molar-refractivity contribution in [1.29, 1.82) is 0 Å². The molecule has 1 fully saturated rings. The normalized spacial score (nSPS) is 27.6. The lowest BCUT2D eigenvalue weighted by Gasteiger charge is -2.23. The van der Waals surface area contributed by atoms with Crippen LogP contribution in [-0.2, 0) is 9.59 Å². The molecule has 0 spiro atoms. The Bertz CT molecular complexity index is 314. The molecule has 0 radical (unpaired) electrons. The van der Waals surface area contributed by atoms with E-state index in [-0.39, 0.29) is 17.6 Å². The van der Waals surface area contributed by atoms with Gasteiger partial charge in [0.2, 0.25) is 0 Å². The molecule has 0 N–H and O–H groups in total. The van der Waals surface area contributed by atoms with Crippen LogP contribution in [0.15, 0.2) is 0 Å². The Morgan fingerprint density at radius 2 is 1.65 bits per heavy atom. The first-order valence-corrected chi connectivity index (χ1v) is 8.26. The van der Waals surface area contributed by atoms with Crippen LogP contribution < -0.4 is 0 Å². The highest BCUT2D eigenvalue weighted by molar-refractivity contribution is 5.88. The monoisotopic (exact) mass is 281 g/mol. The van der Waals surface area contributed by atoms with Gasteiger partial charge in [-0.3, -0.25) is 4.79 Å². The molecule has 1 unspecified atom stereocenters. The zero-order valence-electron chi connectivity index (χ0n) is 13.5. The van der Waals surface area contributed by atoms with E-state index in [4.69, 9.17) is 0 Å². The Labute approximate surface area is 124 Å². The fourth-order valence-electron chi connectivity index (χ4n) is 3.23. The number of carbonyl (C=O) groups excluding carboxylic acids is 2. The maximum Gasteiger partial charge on any atom is 0.139 e. The fourth-order valence-corrected chi connectivity index (χ4v) is 3.23. The Hall–Kier alpha value is -0.700. The van der Waals surface area contributed by atoms with Gasteiger partial charge in [0.1, 0.15) is 11.6 Å². The van der Waals surface area contributed by atoms with Gasteiger partial charge in [-0.2, -0.15) is 0 Å². The maximum absolute atomic E-state index is 12.6. The smallest absolute Gasteiger partial charge is 0.139 e. The van der Waals surface area contributed by atoms with E-state index in [1.54, 1.807) is 6.92 Å². The fraction of sp³-hybridized carbons (Fsp3) is 0.882. The predicted molar refractivity (Wildman–Crippen MR) is 82.8 cm³/mol. The zero-order chi connectivity index (χ0) is 15.0. The first-order chi connectivity index (χ1) is 9.54. The molecular formula is C17H31NO2. The molecule has 1 aliphatic heterocycles. The van der Waals surface area contributed by atoms with Crippen molar-refractivity contribution < 1.29 is 9.59 Å². The van der Waals surface area contributed by atoms with Crippen molar-refractivity contribution in [3.05, 3.63) is 0 Å². The standard InChI is InChI=1S/C17H31NO2/c1-4-15-9-5-7-11-18(3)12-8-6-10-16(17(15)20)13-14(2)19/h15-16H,4-13H2,1-3H3/t15-,16?/m0/s1. The highest BCUT2D eigenvalue weighted by Gasteiger charge is 2.26. The van der Waals surface area contributed by atoms with Crippen LogP contribution in [0.4, 0.5) is 0 Å². The number of hydrogen-bond donors (Lipinski definition) is 0. The lowest BCUT2D eigenvalue weighted by molar-refractivity contribution is -0.130. The van der Waals surface area contributed by atoms with Gasteiger partial charge in [-0.05, 0) is 59.2 Å². The van der Waals surface area contributed by atoms with E-state index < -0.39 is 0 Å². The van der Waals surface area contributed by atoms with Crippen molar-refractivity contribution in [2.75, 3.05) is 20.1 Å². The van der Waals surface area contributed by atoms with E-state index in [0.29, 0.717) is 12.2 Å². The molecule has 1 heterocycles. The van der Waals surface area contributed by atoms with Crippen LogP contribution in [0.25, 0.3) is 0 Å². The van der Waals surface area contributed by atoms with Gasteiger partial charge in [0.05, 0.1) is 0 Å². The summed E-state index contributed by atoms with van der Waals surface area (Å²) in [5, 5.41) is 0. The van der Waals surface area contributed by atoms with Crippen LogP contribution in [0.5, 0.6) is 0 Å². The second-order valence-electron chi connectivity index (χ2n) is 6.41. The van der Waals surface area contributed by atoms with E-state index in [2.05, 4.69) is 18.9 Å². The third kappa shape index (κ3) is 6.17. The molecule has 0 aromatic rings. The molecule has 3 heteroatoms. The number of rotatable bonds is 3. The van der Waals surface area contributed by atoms with Gasteiger partial charge >= 0.3 is 0 Å². The van der Waals surface area contributed by atoms with Gasteiger partial charge in [0.15, 0.2) is 0 Å². The molecule has 2 atom stereocenters. The molecule has 0 aliphatic carbocycles. The average molecular weight is 281 g/mol. The Kier molecular flexibility index (Phi) is 8.05.